The molecule has 0 spiro atoms. The molecule has 0 aromatic rings. The molecule has 0 heterocycles. The second-order valence-electron chi connectivity index (χ2n) is 0. The van der Waals surface area contributed by atoms with Crippen LogP contribution in [0.3, 0.4) is 0 Å². The van der Waals surface area contributed by atoms with E-state index in [2.05, 4.69) is 0 Å². The number of hydrogen-bond donors (Lipinski definition) is 0. The van der Waals surface area contributed by atoms with E-state index in [4.69, 9.17) is 0 Å². The molecule has 33 valence electrons. The van der Waals surface area contributed by atoms with E-state index in [0.717, 1.165) is 0 Å². The Morgan fingerprint density at radius 3 is 0.500 bits per heavy atom. The fourth-order valence-corrected chi connectivity index (χ4v) is 0. The first kappa shape index (κ1) is 133. The summed E-state index contributed by atoms with van der Waals surface area (Å²) in [6, 6.07) is 0. The molecule has 0 fully saturated rings. The van der Waals surface area contributed by atoms with Crippen LogP contribution < -0.4 is 0 Å². The molecule has 6 heavy (non-hydrogen) atoms. The molecular formula is Al2O3Rh. The van der Waals surface area contributed by atoms with E-state index in [1.807, 2.05) is 0 Å². The standard InChI is InChI=1S/2Al.3O.Rh/q2*+3;3*-2;. The van der Waals surface area contributed by atoms with Crippen molar-refractivity contribution >= 4 is 34.7 Å². The molecule has 6 heteroatoms. The summed E-state index contributed by atoms with van der Waals surface area (Å²) in [6.07, 6.45) is 0. The van der Waals surface area contributed by atoms with E-state index in [1.54, 1.807) is 0 Å². The van der Waals surface area contributed by atoms with Crippen molar-refractivity contribution in [2.45, 2.75) is 0 Å². The second-order valence-corrected chi connectivity index (χ2v) is 0. The molecule has 3 nitrogen and oxygen atoms in total. The van der Waals surface area contributed by atoms with Crippen LogP contribution in [0.15, 0.2) is 0 Å². The fourth-order valence-electron chi connectivity index (χ4n) is 0. The van der Waals surface area contributed by atoms with Crippen LogP contribution in [0.2, 0.25) is 0 Å². The molecule has 0 atom stereocenters. The van der Waals surface area contributed by atoms with Crippen molar-refractivity contribution in [2.75, 3.05) is 0 Å². The summed E-state index contributed by atoms with van der Waals surface area (Å²) in [6.45, 7) is 0. The molecule has 0 aliphatic carbocycles. The Bertz CT molecular complexity index is 8.75. The molecule has 0 saturated heterocycles. The van der Waals surface area contributed by atoms with Crippen LogP contribution in [0.5, 0.6) is 0 Å². The van der Waals surface area contributed by atoms with Gasteiger partial charge in [-0.3, -0.25) is 0 Å². The van der Waals surface area contributed by atoms with E-state index in [9.17, 15) is 0 Å². The maximum atomic E-state index is 0. The van der Waals surface area contributed by atoms with Crippen LogP contribution in [0.4, 0.5) is 0 Å². The first-order chi connectivity index (χ1) is 0. The average Bonchev–Trinajstić information content (AvgIpc) is 0. The van der Waals surface area contributed by atoms with Gasteiger partial charge < -0.3 is 16.4 Å². The zero-order valence-electron chi connectivity index (χ0n) is 2.71. The number of rotatable bonds is 0. The van der Waals surface area contributed by atoms with Gasteiger partial charge in [-0.1, -0.05) is 0 Å². The van der Waals surface area contributed by atoms with Crippen LogP contribution in [0.25, 0.3) is 0 Å². The van der Waals surface area contributed by atoms with Gasteiger partial charge in [0.15, 0.2) is 0 Å². The maximum absolute atomic E-state index is 0. The van der Waals surface area contributed by atoms with Gasteiger partial charge in [-0.15, -0.1) is 0 Å². The van der Waals surface area contributed by atoms with Crippen LogP contribution in [-0.4, -0.2) is 34.7 Å². The molecule has 0 aliphatic heterocycles. The second kappa shape index (κ2) is 82.8. The summed E-state index contributed by atoms with van der Waals surface area (Å²) in [7, 11) is 0. The van der Waals surface area contributed by atoms with E-state index in [-0.39, 0.29) is 70.6 Å². The predicted octanol–water partition coefficient (Wildman–Crippen LogP) is -1.12. The van der Waals surface area contributed by atoms with Gasteiger partial charge in [0.05, 0.1) is 0 Å². The molecule has 0 N–H and O–H groups in total. The van der Waals surface area contributed by atoms with Gasteiger partial charge in [0, 0.05) is 19.5 Å². The fraction of sp³-hybridized carbons (Fsp3) is 0. The molecule has 0 rings (SSSR count). The van der Waals surface area contributed by atoms with E-state index < -0.39 is 0 Å². The summed E-state index contributed by atoms with van der Waals surface area (Å²) >= 11 is 0. The van der Waals surface area contributed by atoms with Gasteiger partial charge in [-0.2, -0.15) is 0 Å². The molecule has 0 aromatic heterocycles. The Labute approximate surface area is 70.4 Å². The zero-order valence-corrected chi connectivity index (χ0v) is 6.66. The van der Waals surface area contributed by atoms with Crippen molar-refractivity contribution in [1.82, 2.24) is 0 Å². The van der Waals surface area contributed by atoms with Gasteiger partial charge in [0.1, 0.15) is 0 Å². The molecule has 1 radical (unpaired) electrons. The van der Waals surface area contributed by atoms with Gasteiger partial charge in [-0.05, 0) is 0 Å². The minimum Gasteiger partial charge on any atom is -2.00 e. The van der Waals surface area contributed by atoms with Crippen LogP contribution in [0.1, 0.15) is 0 Å². The predicted molar refractivity (Wildman–Crippen MR) is 13.6 cm³/mol. The topological polar surface area (TPSA) is 85.5 Å². The van der Waals surface area contributed by atoms with Crippen molar-refractivity contribution < 1.29 is 35.9 Å². The Morgan fingerprint density at radius 2 is 0.500 bits per heavy atom. The third-order valence-electron chi connectivity index (χ3n) is 0. The maximum Gasteiger partial charge on any atom is 3.00 e. The van der Waals surface area contributed by atoms with E-state index in [0.29, 0.717) is 0 Å². The summed E-state index contributed by atoms with van der Waals surface area (Å²) in [5, 5.41) is 0. The molecule has 0 unspecified atom stereocenters. The summed E-state index contributed by atoms with van der Waals surface area (Å²) < 4.78 is 0. The molecule has 0 saturated carbocycles. The first-order valence-corrected chi connectivity index (χ1v) is 0. The molecule has 0 bridgehead atoms. The molecule has 0 aromatic carbocycles. The zero-order chi connectivity index (χ0) is 0. The van der Waals surface area contributed by atoms with Crippen molar-refractivity contribution in [3.63, 3.8) is 0 Å². The minimum absolute atomic E-state index is 0. The van der Waals surface area contributed by atoms with Gasteiger partial charge in [-0.25, -0.2) is 0 Å². The third kappa shape index (κ3) is 47.2. The SMILES string of the molecule is [Al+3].[Al+3].[O-2].[O-2].[O-2].[Rh]. The van der Waals surface area contributed by atoms with Gasteiger partial charge >= 0.3 is 34.7 Å². The molecule has 0 amide bonds. The Morgan fingerprint density at radius 1 is 0.500 bits per heavy atom. The Balaban J connectivity index is 0. The van der Waals surface area contributed by atoms with Crippen molar-refractivity contribution in [3.05, 3.63) is 0 Å². The van der Waals surface area contributed by atoms with Gasteiger partial charge in [0.25, 0.3) is 0 Å². The monoisotopic (exact) mass is 205 g/mol. The third-order valence-corrected chi connectivity index (χ3v) is 0. The smallest absolute Gasteiger partial charge is 2.00 e. The van der Waals surface area contributed by atoms with Crippen molar-refractivity contribution in [3.8, 4) is 0 Å². The van der Waals surface area contributed by atoms with Crippen molar-refractivity contribution in [2.24, 2.45) is 0 Å². The first-order valence-electron chi connectivity index (χ1n) is 0. The van der Waals surface area contributed by atoms with E-state index in [1.165, 1.54) is 0 Å². The van der Waals surface area contributed by atoms with Crippen LogP contribution in [-0.2, 0) is 35.9 Å². The Hall–Kier alpha value is 1.57. The average molecular weight is 205 g/mol. The quantitative estimate of drug-likeness (QED) is 0.448. The largest absolute Gasteiger partial charge is 3.00 e. The van der Waals surface area contributed by atoms with Crippen LogP contribution in [0, 0.1) is 0 Å². The minimum atomic E-state index is 0. The molecular weight excluding hydrogens is 205 g/mol. The summed E-state index contributed by atoms with van der Waals surface area (Å²) in [5.41, 5.74) is 0. The van der Waals surface area contributed by atoms with Crippen LogP contribution >= 0.6 is 0 Å². The van der Waals surface area contributed by atoms with Gasteiger partial charge in [0.2, 0.25) is 0 Å². The normalized spacial score (nSPS) is 0. The summed E-state index contributed by atoms with van der Waals surface area (Å²) in [4.78, 5) is 0. The number of hydrogen-bond acceptors (Lipinski definition) is 0. The van der Waals surface area contributed by atoms with Crippen molar-refractivity contribution in [1.29, 1.82) is 0 Å². The summed E-state index contributed by atoms with van der Waals surface area (Å²) in [5.74, 6) is 0. The molecule has 0 aliphatic rings. The van der Waals surface area contributed by atoms with E-state index >= 15 is 0 Å². The Kier molecular flexibility index (Phi) is 1830.